The first-order chi connectivity index (χ1) is 9.06. The summed E-state index contributed by atoms with van der Waals surface area (Å²) in [5.74, 6) is -1.24. The van der Waals surface area contributed by atoms with Crippen LogP contribution in [0.5, 0.6) is 5.88 Å². The van der Waals surface area contributed by atoms with E-state index >= 15 is 0 Å². The van der Waals surface area contributed by atoms with E-state index in [9.17, 15) is 9.59 Å². The minimum atomic E-state index is -0.728. The number of hydroxylamine groups is 1. The Hall–Kier alpha value is -1.64. The van der Waals surface area contributed by atoms with Crippen molar-refractivity contribution in [3.63, 3.8) is 0 Å². The number of aromatic nitrogens is 1. The van der Waals surface area contributed by atoms with Gasteiger partial charge in [0.15, 0.2) is 5.13 Å². The lowest BCUT2D eigenvalue weighted by Gasteiger charge is -2.06. The van der Waals surface area contributed by atoms with Crippen molar-refractivity contribution in [1.82, 2.24) is 10.5 Å². The van der Waals surface area contributed by atoms with Crippen molar-refractivity contribution >= 4 is 39.9 Å². The minimum absolute atomic E-state index is 0.0545. The molecule has 0 aromatic carbocycles. The number of hydrogen-bond donors (Lipinski definition) is 2. The molecule has 1 heterocycles. The Kier molecular flexibility index (Phi) is 6.26. The Labute approximate surface area is 118 Å². The number of ether oxygens (including phenoxy) is 1. The molecule has 1 aromatic rings. The van der Waals surface area contributed by atoms with Crippen molar-refractivity contribution < 1.29 is 19.2 Å². The van der Waals surface area contributed by atoms with E-state index in [0.29, 0.717) is 6.61 Å². The van der Waals surface area contributed by atoms with Crippen LogP contribution in [0.4, 0.5) is 5.13 Å². The summed E-state index contributed by atoms with van der Waals surface area (Å²) < 4.78 is 4.90. The van der Waals surface area contributed by atoms with Gasteiger partial charge in [-0.3, -0.25) is 15.1 Å². The molecule has 0 saturated carbocycles. The van der Waals surface area contributed by atoms with Gasteiger partial charge in [0.2, 0.25) is 11.8 Å². The topological polar surface area (TPSA) is 89.5 Å². The summed E-state index contributed by atoms with van der Waals surface area (Å²) in [6, 6.07) is 0. The van der Waals surface area contributed by atoms with Gasteiger partial charge in [0, 0.05) is 0 Å². The minimum Gasteiger partial charge on any atom is -0.402 e. The first kappa shape index (κ1) is 15.4. The van der Waals surface area contributed by atoms with E-state index in [1.807, 2.05) is 0 Å². The number of nitrogens with one attached hydrogen (secondary N) is 2. The number of esters is 1. The predicted octanol–water partition coefficient (Wildman–Crippen LogP) is 1.28. The third kappa shape index (κ3) is 5.25. The van der Waals surface area contributed by atoms with Gasteiger partial charge in [-0.2, -0.15) is 4.98 Å². The summed E-state index contributed by atoms with van der Waals surface area (Å²) in [4.78, 5) is 31.2. The summed E-state index contributed by atoms with van der Waals surface area (Å²) in [7, 11) is 0. The lowest BCUT2D eigenvalue weighted by molar-refractivity contribution is -0.132. The highest BCUT2D eigenvalue weighted by molar-refractivity contribution is 7.14. The van der Waals surface area contributed by atoms with E-state index in [1.54, 1.807) is 6.92 Å². The maximum Gasteiger partial charge on any atom is 0.362 e. The van der Waals surface area contributed by atoms with Crippen LogP contribution < -0.4 is 15.5 Å². The van der Waals surface area contributed by atoms with Gasteiger partial charge >= 0.3 is 5.97 Å². The molecule has 0 aliphatic heterocycles. The van der Waals surface area contributed by atoms with Crippen LogP contribution in [0.3, 0.4) is 0 Å². The van der Waals surface area contributed by atoms with Crippen molar-refractivity contribution in [2.24, 2.45) is 0 Å². The molecule has 0 bridgehead atoms. The first-order valence-corrected chi connectivity index (χ1v) is 6.58. The third-order valence-electron chi connectivity index (χ3n) is 1.63. The number of anilines is 1. The predicted molar refractivity (Wildman–Crippen MR) is 71.0 cm³/mol. The van der Waals surface area contributed by atoms with Crippen LogP contribution in [0.25, 0.3) is 0 Å². The van der Waals surface area contributed by atoms with Gasteiger partial charge in [-0.25, -0.2) is 4.79 Å². The van der Waals surface area contributed by atoms with Gasteiger partial charge in [0.25, 0.3) is 0 Å². The van der Waals surface area contributed by atoms with E-state index in [1.165, 1.54) is 5.38 Å². The van der Waals surface area contributed by atoms with Crippen LogP contribution in [0.2, 0.25) is 0 Å². The fourth-order valence-corrected chi connectivity index (χ4v) is 1.57. The van der Waals surface area contributed by atoms with Crippen LogP contribution in [0.1, 0.15) is 6.92 Å². The second-order valence-corrected chi connectivity index (χ2v) is 4.20. The summed E-state index contributed by atoms with van der Waals surface area (Å²) in [6.07, 6.45) is 0. The molecule has 0 spiro atoms. The second kappa shape index (κ2) is 7.72. The van der Waals surface area contributed by atoms with Gasteiger partial charge in [-0.1, -0.05) is 6.58 Å². The van der Waals surface area contributed by atoms with Crippen LogP contribution in [0, 0.1) is 0 Å². The Morgan fingerprint density at radius 3 is 2.95 bits per heavy atom. The van der Waals surface area contributed by atoms with Crippen LogP contribution in [0.15, 0.2) is 17.7 Å². The molecule has 9 heteroatoms. The molecule has 0 fully saturated rings. The molecule has 0 radical (unpaired) electrons. The molecule has 1 amide bonds. The third-order valence-corrected chi connectivity index (χ3v) is 2.61. The smallest absolute Gasteiger partial charge is 0.362 e. The quantitative estimate of drug-likeness (QED) is 0.341. The van der Waals surface area contributed by atoms with Crippen molar-refractivity contribution in [3.05, 3.63) is 17.7 Å². The zero-order chi connectivity index (χ0) is 14.3. The Morgan fingerprint density at radius 2 is 2.32 bits per heavy atom. The number of thiazole rings is 1. The van der Waals surface area contributed by atoms with E-state index in [4.69, 9.17) is 21.2 Å². The Morgan fingerprint density at radius 1 is 1.58 bits per heavy atom. The molecule has 2 N–H and O–H groups in total. The van der Waals surface area contributed by atoms with Gasteiger partial charge in [0.05, 0.1) is 12.0 Å². The van der Waals surface area contributed by atoms with Gasteiger partial charge in [0.1, 0.15) is 11.6 Å². The molecule has 1 aromatic heterocycles. The number of amides is 1. The van der Waals surface area contributed by atoms with Crippen molar-refractivity contribution in [3.8, 4) is 5.88 Å². The van der Waals surface area contributed by atoms with Gasteiger partial charge < -0.3 is 10.1 Å². The molecule has 0 atom stereocenters. The van der Waals surface area contributed by atoms with Crippen molar-refractivity contribution in [1.29, 1.82) is 0 Å². The fourth-order valence-electron chi connectivity index (χ4n) is 0.874. The largest absolute Gasteiger partial charge is 0.402 e. The second-order valence-electron chi connectivity index (χ2n) is 3.08. The normalized spacial score (nSPS) is 9.79. The van der Waals surface area contributed by atoms with E-state index in [2.05, 4.69) is 22.4 Å². The average Bonchev–Trinajstić information content (AvgIpc) is 2.82. The molecule has 19 heavy (non-hydrogen) atoms. The molecular formula is C10H12ClN3O4S. The van der Waals surface area contributed by atoms with Crippen LogP contribution >= 0.6 is 22.9 Å². The maximum atomic E-state index is 11.5. The van der Waals surface area contributed by atoms with E-state index < -0.39 is 11.9 Å². The summed E-state index contributed by atoms with van der Waals surface area (Å²) in [6.45, 7) is 5.56. The highest BCUT2D eigenvalue weighted by atomic mass is 35.5. The van der Waals surface area contributed by atoms with E-state index in [0.717, 1.165) is 11.3 Å². The number of halogens is 1. The average molecular weight is 306 g/mol. The highest BCUT2D eigenvalue weighted by Crippen LogP contribution is 2.21. The number of carbonyl (C=O) groups excluding carboxylic acids is 2. The molecule has 0 unspecified atom stereocenters. The molecule has 7 nitrogen and oxygen atoms in total. The highest BCUT2D eigenvalue weighted by Gasteiger charge is 2.13. The first-order valence-electron chi connectivity index (χ1n) is 5.17. The van der Waals surface area contributed by atoms with Crippen molar-refractivity contribution in [2.75, 3.05) is 17.8 Å². The Balaban J connectivity index is 2.51. The molecule has 0 aliphatic rings. The molecule has 1 rings (SSSR count). The number of nitrogens with zero attached hydrogens (tertiary/aromatic N) is 1. The number of hydrogen-bond acceptors (Lipinski definition) is 7. The van der Waals surface area contributed by atoms with Crippen molar-refractivity contribution in [2.45, 2.75) is 6.92 Å². The number of carbonyl (C=O) groups is 2. The van der Waals surface area contributed by atoms with Crippen LogP contribution in [-0.2, 0) is 14.4 Å². The summed E-state index contributed by atoms with van der Waals surface area (Å²) in [5, 5.41) is 4.19. The molecule has 104 valence electrons. The Bertz CT molecular complexity index is 477. The fraction of sp³-hybridized carbons (Fsp3) is 0.300. The van der Waals surface area contributed by atoms with E-state index in [-0.39, 0.29) is 22.6 Å². The van der Waals surface area contributed by atoms with Gasteiger partial charge in [-0.05, 0) is 6.92 Å². The molecule has 0 aliphatic carbocycles. The van der Waals surface area contributed by atoms with Gasteiger partial charge in [-0.15, -0.1) is 22.9 Å². The number of rotatable bonds is 7. The lowest BCUT2D eigenvalue weighted by atomic mass is 10.5. The zero-order valence-corrected chi connectivity index (χ0v) is 11.6. The number of alkyl halides is 1. The molecular weight excluding hydrogens is 294 g/mol. The standard InChI is InChI=1S/C10H12ClN3O4S/c1-3-17-14-6(2)9(16)18-8-5-19-10(13-8)12-7(15)4-11/h5,14H,2-4H2,1H3,(H,12,13,15). The monoisotopic (exact) mass is 305 g/mol. The summed E-state index contributed by atoms with van der Waals surface area (Å²) >= 11 is 6.43. The lowest BCUT2D eigenvalue weighted by Crippen LogP contribution is -2.23. The maximum absolute atomic E-state index is 11.5. The molecule has 0 saturated heterocycles. The zero-order valence-electron chi connectivity index (χ0n) is 10.1. The summed E-state index contributed by atoms with van der Waals surface area (Å²) in [5.41, 5.74) is 2.27. The SMILES string of the molecule is C=C(NOCC)C(=O)Oc1csc(NC(=O)CCl)n1. The van der Waals surface area contributed by atoms with Crippen LogP contribution in [-0.4, -0.2) is 29.3 Å².